The maximum absolute atomic E-state index is 3.42. The number of rotatable bonds is 3. The van der Waals surface area contributed by atoms with Crippen molar-refractivity contribution >= 4 is 0 Å². The maximum Gasteiger partial charge on any atom is 0.00924 e. The largest absolute Gasteiger partial charge is 0.317 e. The van der Waals surface area contributed by atoms with Crippen molar-refractivity contribution < 1.29 is 0 Å². The van der Waals surface area contributed by atoms with Crippen molar-refractivity contribution in [1.82, 2.24) is 5.32 Å². The molecule has 66 valence electrons. The van der Waals surface area contributed by atoms with Gasteiger partial charge in [0.05, 0.1) is 0 Å². The number of hydrogen-bond donors (Lipinski definition) is 1. The lowest BCUT2D eigenvalue weighted by molar-refractivity contribution is 0.353. The number of nitrogens with one attached hydrogen (secondary N) is 1. The summed E-state index contributed by atoms with van der Waals surface area (Å²) in [5.74, 6) is 1.83. The van der Waals surface area contributed by atoms with E-state index in [1.807, 2.05) is 0 Å². The van der Waals surface area contributed by atoms with Crippen LogP contribution in [0.4, 0.5) is 0 Å². The average Bonchev–Trinajstić information content (AvgIpc) is 2.34. The molecular formula is C10H21N. The highest BCUT2D eigenvalue weighted by atomic mass is 14.9. The highest BCUT2D eigenvalue weighted by Crippen LogP contribution is 2.30. The van der Waals surface area contributed by atoms with Crippen molar-refractivity contribution in [1.29, 1.82) is 0 Å². The van der Waals surface area contributed by atoms with Crippen LogP contribution in [-0.4, -0.2) is 13.1 Å². The Morgan fingerprint density at radius 2 is 2.09 bits per heavy atom. The molecule has 0 aromatic heterocycles. The Morgan fingerprint density at radius 3 is 2.64 bits per heavy atom. The fraction of sp³-hybridized carbons (Fsp3) is 1.00. The minimum absolute atomic E-state index is 0.817. The molecular weight excluding hydrogens is 134 g/mol. The molecule has 1 aliphatic rings. The molecule has 0 amide bonds. The van der Waals surface area contributed by atoms with Crippen molar-refractivity contribution in [3.8, 4) is 0 Å². The van der Waals surface area contributed by atoms with Crippen molar-refractivity contribution in [3.05, 3.63) is 0 Å². The first-order valence-corrected chi connectivity index (χ1v) is 4.91. The van der Waals surface area contributed by atoms with E-state index in [0.717, 1.165) is 17.9 Å². The maximum atomic E-state index is 3.42. The van der Waals surface area contributed by atoms with Gasteiger partial charge >= 0.3 is 0 Å². The fourth-order valence-electron chi connectivity index (χ4n) is 2.30. The molecule has 0 aromatic rings. The minimum atomic E-state index is 0.817. The lowest BCUT2D eigenvalue weighted by Crippen LogP contribution is -2.29. The standard InChI is InChI=1S/C10H21N/c1-8(2)7-9-5-4-6-10(9)11-3/h8-11H,4-7H2,1-3H3. The molecule has 1 rings (SSSR count). The molecule has 11 heavy (non-hydrogen) atoms. The predicted octanol–water partition coefficient (Wildman–Crippen LogP) is 2.42. The second-order valence-electron chi connectivity index (χ2n) is 4.22. The molecule has 0 spiro atoms. The highest BCUT2D eigenvalue weighted by molar-refractivity contribution is 4.82. The van der Waals surface area contributed by atoms with Crippen LogP contribution in [0.3, 0.4) is 0 Å². The Morgan fingerprint density at radius 1 is 1.36 bits per heavy atom. The van der Waals surface area contributed by atoms with Crippen LogP contribution in [-0.2, 0) is 0 Å². The SMILES string of the molecule is CNC1CCCC1CC(C)C. The van der Waals surface area contributed by atoms with Crippen LogP contribution in [0.5, 0.6) is 0 Å². The summed E-state index contributed by atoms with van der Waals surface area (Å²) in [5, 5.41) is 3.42. The van der Waals surface area contributed by atoms with Gasteiger partial charge in [0.1, 0.15) is 0 Å². The van der Waals surface area contributed by atoms with Crippen LogP contribution in [0.15, 0.2) is 0 Å². The molecule has 2 unspecified atom stereocenters. The molecule has 0 bridgehead atoms. The summed E-state index contributed by atoms with van der Waals surface area (Å²) in [5.41, 5.74) is 0. The monoisotopic (exact) mass is 155 g/mol. The Balaban J connectivity index is 2.31. The molecule has 0 radical (unpaired) electrons. The fourth-order valence-corrected chi connectivity index (χ4v) is 2.30. The first-order chi connectivity index (χ1) is 5.24. The van der Waals surface area contributed by atoms with Crippen LogP contribution in [0.2, 0.25) is 0 Å². The lowest BCUT2D eigenvalue weighted by Gasteiger charge is -2.20. The first kappa shape index (κ1) is 9.05. The third kappa shape index (κ3) is 2.48. The zero-order valence-electron chi connectivity index (χ0n) is 8.06. The smallest absolute Gasteiger partial charge is 0.00924 e. The molecule has 2 atom stereocenters. The zero-order chi connectivity index (χ0) is 8.27. The van der Waals surface area contributed by atoms with Gasteiger partial charge in [-0.15, -0.1) is 0 Å². The Hall–Kier alpha value is -0.0400. The van der Waals surface area contributed by atoms with Gasteiger partial charge in [0.15, 0.2) is 0 Å². The lowest BCUT2D eigenvalue weighted by atomic mass is 9.93. The van der Waals surface area contributed by atoms with Crippen LogP contribution in [0.1, 0.15) is 39.5 Å². The second-order valence-corrected chi connectivity index (χ2v) is 4.22. The van der Waals surface area contributed by atoms with E-state index in [-0.39, 0.29) is 0 Å². The summed E-state index contributed by atoms with van der Waals surface area (Å²) in [6.07, 6.45) is 5.69. The van der Waals surface area contributed by atoms with Crippen LogP contribution in [0.25, 0.3) is 0 Å². The summed E-state index contributed by atoms with van der Waals surface area (Å²) < 4.78 is 0. The van der Waals surface area contributed by atoms with Gasteiger partial charge < -0.3 is 5.32 Å². The van der Waals surface area contributed by atoms with Crippen LogP contribution in [0, 0.1) is 11.8 Å². The van der Waals surface area contributed by atoms with Gasteiger partial charge in [0, 0.05) is 6.04 Å². The van der Waals surface area contributed by atoms with Gasteiger partial charge in [0.2, 0.25) is 0 Å². The van der Waals surface area contributed by atoms with Crippen molar-refractivity contribution in [3.63, 3.8) is 0 Å². The molecule has 1 saturated carbocycles. The highest BCUT2D eigenvalue weighted by Gasteiger charge is 2.25. The van der Waals surface area contributed by atoms with Crippen molar-refractivity contribution in [2.24, 2.45) is 11.8 Å². The van der Waals surface area contributed by atoms with E-state index in [4.69, 9.17) is 0 Å². The Bertz CT molecular complexity index is 109. The van der Waals surface area contributed by atoms with E-state index in [1.54, 1.807) is 0 Å². The van der Waals surface area contributed by atoms with Gasteiger partial charge in [-0.05, 0) is 38.1 Å². The molecule has 1 nitrogen and oxygen atoms in total. The topological polar surface area (TPSA) is 12.0 Å². The van der Waals surface area contributed by atoms with Gasteiger partial charge in [-0.2, -0.15) is 0 Å². The summed E-state index contributed by atoms with van der Waals surface area (Å²) in [6.45, 7) is 4.65. The first-order valence-electron chi connectivity index (χ1n) is 4.91. The molecule has 1 N–H and O–H groups in total. The van der Waals surface area contributed by atoms with E-state index >= 15 is 0 Å². The quantitative estimate of drug-likeness (QED) is 0.660. The van der Waals surface area contributed by atoms with E-state index in [0.29, 0.717) is 0 Å². The zero-order valence-corrected chi connectivity index (χ0v) is 8.06. The summed E-state index contributed by atoms with van der Waals surface area (Å²) >= 11 is 0. The number of hydrogen-bond acceptors (Lipinski definition) is 1. The average molecular weight is 155 g/mol. The molecule has 0 aromatic carbocycles. The van der Waals surface area contributed by atoms with Crippen molar-refractivity contribution in [2.75, 3.05) is 7.05 Å². The van der Waals surface area contributed by atoms with Gasteiger partial charge in [-0.1, -0.05) is 20.3 Å². The predicted molar refractivity (Wildman–Crippen MR) is 49.6 cm³/mol. The van der Waals surface area contributed by atoms with E-state index in [2.05, 4.69) is 26.2 Å². The normalized spacial score (nSPS) is 31.6. The molecule has 1 heteroatoms. The Labute approximate surface area is 70.6 Å². The molecule has 0 aliphatic heterocycles. The van der Waals surface area contributed by atoms with E-state index < -0.39 is 0 Å². The third-order valence-corrected chi connectivity index (χ3v) is 2.80. The van der Waals surface area contributed by atoms with Crippen molar-refractivity contribution in [2.45, 2.75) is 45.6 Å². The molecule has 1 aliphatic carbocycles. The molecule has 0 heterocycles. The summed E-state index contributed by atoms with van der Waals surface area (Å²) in [6, 6.07) is 0.817. The molecule has 1 fully saturated rings. The van der Waals surface area contributed by atoms with E-state index in [9.17, 15) is 0 Å². The third-order valence-electron chi connectivity index (χ3n) is 2.80. The minimum Gasteiger partial charge on any atom is -0.317 e. The summed E-state index contributed by atoms with van der Waals surface area (Å²) in [4.78, 5) is 0. The summed E-state index contributed by atoms with van der Waals surface area (Å²) in [7, 11) is 2.10. The van der Waals surface area contributed by atoms with E-state index in [1.165, 1.54) is 25.7 Å². The molecule has 0 saturated heterocycles. The van der Waals surface area contributed by atoms with Gasteiger partial charge in [-0.25, -0.2) is 0 Å². The van der Waals surface area contributed by atoms with Gasteiger partial charge in [-0.3, -0.25) is 0 Å². The van der Waals surface area contributed by atoms with Gasteiger partial charge in [0.25, 0.3) is 0 Å². The second kappa shape index (κ2) is 4.10. The van der Waals surface area contributed by atoms with Crippen LogP contribution < -0.4 is 5.32 Å². The Kier molecular flexibility index (Phi) is 3.38. The van der Waals surface area contributed by atoms with Crippen LogP contribution >= 0.6 is 0 Å².